The quantitative estimate of drug-likeness (QED) is 0.552. The number of nitriles is 1. The Bertz CT molecular complexity index is 348. The van der Waals surface area contributed by atoms with Crippen LogP contribution in [0.1, 0.15) is 16.2 Å². The number of hydrogen-bond donors (Lipinski definition) is 0. The minimum absolute atomic E-state index is 0.0874. The zero-order valence-electron chi connectivity index (χ0n) is 6.74. The van der Waals surface area contributed by atoms with Gasteiger partial charge in [-0.15, -0.1) is 0 Å². The highest BCUT2D eigenvalue weighted by molar-refractivity contribution is 5.89. The van der Waals surface area contributed by atoms with Crippen molar-refractivity contribution in [1.29, 1.82) is 5.26 Å². The van der Waals surface area contributed by atoms with Crippen LogP contribution in [0.2, 0.25) is 0 Å². The molecule has 1 rings (SSSR count). The maximum Gasteiger partial charge on any atom is 0.357 e. The molecule has 0 saturated heterocycles. The maximum absolute atomic E-state index is 11.0. The van der Waals surface area contributed by atoms with Crippen molar-refractivity contribution in [2.75, 3.05) is 7.11 Å². The SMILES string of the molecule is COC(=O)c1c(C#N)ncn1C. The fraction of sp³-hybridized carbons (Fsp3) is 0.286. The highest BCUT2D eigenvalue weighted by Gasteiger charge is 2.16. The first-order chi connectivity index (χ1) is 5.70. The van der Waals surface area contributed by atoms with Crippen molar-refractivity contribution in [3.05, 3.63) is 17.7 Å². The van der Waals surface area contributed by atoms with Crippen LogP contribution in [-0.4, -0.2) is 22.6 Å². The lowest BCUT2D eigenvalue weighted by Crippen LogP contribution is -2.08. The second kappa shape index (κ2) is 3.05. The molecule has 0 bridgehead atoms. The number of esters is 1. The summed E-state index contributed by atoms with van der Waals surface area (Å²) in [6.45, 7) is 0. The van der Waals surface area contributed by atoms with Gasteiger partial charge in [0.15, 0.2) is 11.4 Å². The average molecular weight is 165 g/mol. The Morgan fingerprint density at radius 2 is 2.50 bits per heavy atom. The summed E-state index contributed by atoms with van der Waals surface area (Å²) in [6, 6.07) is 1.80. The van der Waals surface area contributed by atoms with E-state index in [9.17, 15) is 4.79 Å². The third-order valence-corrected chi connectivity index (χ3v) is 1.42. The van der Waals surface area contributed by atoms with Gasteiger partial charge < -0.3 is 9.30 Å². The average Bonchev–Trinajstić information content (AvgIpc) is 2.45. The van der Waals surface area contributed by atoms with Crippen molar-refractivity contribution in [3.8, 4) is 6.07 Å². The monoisotopic (exact) mass is 165 g/mol. The second-order valence-electron chi connectivity index (χ2n) is 2.16. The van der Waals surface area contributed by atoms with Crippen LogP contribution in [0.5, 0.6) is 0 Å². The zero-order valence-corrected chi connectivity index (χ0v) is 6.74. The molecule has 1 aromatic heterocycles. The number of ether oxygens (including phenoxy) is 1. The van der Waals surface area contributed by atoms with Crippen LogP contribution in [-0.2, 0) is 11.8 Å². The lowest BCUT2D eigenvalue weighted by molar-refractivity contribution is 0.0589. The molecule has 0 spiro atoms. The molecule has 0 aliphatic carbocycles. The number of carbonyl (C=O) groups excluding carboxylic acids is 1. The molecule has 1 aromatic rings. The van der Waals surface area contributed by atoms with Crippen LogP contribution in [0.4, 0.5) is 0 Å². The lowest BCUT2D eigenvalue weighted by atomic mass is 10.3. The number of imidazole rings is 1. The van der Waals surface area contributed by atoms with E-state index < -0.39 is 5.97 Å². The summed E-state index contributed by atoms with van der Waals surface area (Å²) in [5.41, 5.74) is 0.268. The molecule has 0 N–H and O–H groups in total. The molecule has 1 heterocycles. The molecule has 0 aromatic carbocycles. The summed E-state index contributed by atoms with van der Waals surface area (Å²) in [5, 5.41) is 8.54. The standard InChI is InChI=1S/C7H7N3O2/c1-10-4-9-5(3-8)6(10)7(11)12-2/h4H,1-2H3. The minimum Gasteiger partial charge on any atom is -0.464 e. The molecule has 0 aliphatic heterocycles. The Balaban J connectivity index is 3.21. The van der Waals surface area contributed by atoms with E-state index in [1.807, 2.05) is 0 Å². The van der Waals surface area contributed by atoms with Gasteiger partial charge >= 0.3 is 5.97 Å². The molecule has 62 valence electrons. The largest absolute Gasteiger partial charge is 0.464 e. The molecular formula is C7H7N3O2. The van der Waals surface area contributed by atoms with Crippen molar-refractivity contribution in [2.45, 2.75) is 0 Å². The molecule has 0 atom stereocenters. The smallest absolute Gasteiger partial charge is 0.357 e. The molecule has 0 aliphatic rings. The summed E-state index contributed by atoms with van der Waals surface area (Å²) in [4.78, 5) is 14.7. The van der Waals surface area contributed by atoms with Gasteiger partial charge in [0.05, 0.1) is 13.4 Å². The number of aryl methyl sites for hydroxylation is 1. The van der Waals surface area contributed by atoms with Crippen LogP contribution >= 0.6 is 0 Å². The van der Waals surface area contributed by atoms with Gasteiger partial charge in [-0.3, -0.25) is 0 Å². The molecule has 0 unspecified atom stereocenters. The van der Waals surface area contributed by atoms with Crippen molar-refractivity contribution < 1.29 is 9.53 Å². The number of nitrogens with zero attached hydrogens (tertiary/aromatic N) is 3. The highest BCUT2D eigenvalue weighted by atomic mass is 16.5. The summed E-state index contributed by atoms with van der Waals surface area (Å²) in [7, 11) is 2.89. The van der Waals surface area contributed by atoms with Crippen LogP contribution in [0.3, 0.4) is 0 Å². The van der Waals surface area contributed by atoms with E-state index in [1.54, 1.807) is 13.1 Å². The van der Waals surface area contributed by atoms with Gasteiger partial charge in [0.1, 0.15) is 6.07 Å². The summed E-state index contributed by atoms with van der Waals surface area (Å²) in [6.07, 6.45) is 1.39. The Morgan fingerprint density at radius 1 is 1.83 bits per heavy atom. The molecule has 5 nitrogen and oxygen atoms in total. The zero-order chi connectivity index (χ0) is 9.14. The predicted molar refractivity (Wildman–Crippen MR) is 39.3 cm³/mol. The van der Waals surface area contributed by atoms with Crippen molar-refractivity contribution in [2.24, 2.45) is 7.05 Å². The van der Waals surface area contributed by atoms with Gasteiger partial charge in [0, 0.05) is 7.05 Å². The van der Waals surface area contributed by atoms with Crippen LogP contribution < -0.4 is 0 Å². The molecule has 0 fully saturated rings. The summed E-state index contributed by atoms with van der Waals surface area (Å²) >= 11 is 0. The van der Waals surface area contributed by atoms with E-state index in [2.05, 4.69) is 9.72 Å². The minimum atomic E-state index is -0.549. The van der Waals surface area contributed by atoms with E-state index >= 15 is 0 Å². The number of hydrogen-bond acceptors (Lipinski definition) is 4. The lowest BCUT2D eigenvalue weighted by Gasteiger charge is -1.98. The van der Waals surface area contributed by atoms with E-state index in [1.165, 1.54) is 18.0 Å². The Hall–Kier alpha value is -1.83. The van der Waals surface area contributed by atoms with Crippen LogP contribution in [0.15, 0.2) is 6.33 Å². The van der Waals surface area contributed by atoms with Crippen molar-refractivity contribution in [3.63, 3.8) is 0 Å². The topological polar surface area (TPSA) is 67.9 Å². The first kappa shape index (κ1) is 8.27. The number of rotatable bonds is 1. The number of methoxy groups -OCH3 is 1. The second-order valence-corrected chi connectivity index (χ2v) is 2.16. The molecular weight excluding hydrogens is 158 g/mol. The summed E-state index contributed by atoms with van der Waals surface area (Å²) in [5.74, 6) is -0.549. The first-order valence-electron chi connectivity index (χ1n) is 3.20. The predicted octanol–water partition coefficient (Wildman–Crippen LogP) is 0.0784. The van der Waals surface area contributed by atoms with Gasteiger partial charge in [0.25, 0.3) is 0 Å². The molecule has 0 amide bonds. The molecule has 12 heavy (non-hydrogen) atoms. The third kappa shape index (κ3) is 1.14. The molecule has 0 radical (unpaired) electrons. The maximum atomic E-state index is 11.0. The van der Waals surface area contributed by atoms with Gasteiger partial charge in [-0.05, 0) is 0 Å². The normalized spacial score (nSPS) is 9.08. The van der Waals surface area contributed by atoms with Crippen molar-refractivity contribution in [1.82, 2.24) is 9.55 Å². The highest BCUT2D eigenvalue weighted by Crippen LogP contribution is 2.05. The van der Waals surface area contributed by atoms with Crippen LogP contribution in [0.25, 0.3) is 0 Å². The van der Waals surface area contributed by atoms with E-state index in [-0.39, 0.29) is 11.4 Å². The fourth-order valence-corrected chi connectivity index (χ4v) is 0.849. The van der Waals surface area contributed by atoms with E-state index in [0.29, 0.717) is 0 Å². The van der Waals surface area contributed by atoms with Crippen LogP contribution in [0, 0.1) is 11.3 Å². The fourth-order valence-electron chi connectivity index (χ4n) is 0.849. The Labute approximate surface area is 69.2 Å². The Kier molecular flexibility index (Phi) is 2.10. The van der Waals surface area contributed by atoms with E-state index in [4.69, 9.17) is 5.26 Å². The van der Waals surface area contributed by atoms with E-state index in [0.717, 1.165) is 0 Å². The van der Waals surface area contributed by atoms with Gasteiger partial charge in [-0.1, -0.05) is 0 Å². The number of carbonyl (C=O) groups is 1. The molecule has 0 saturated carbocycles. The first-order valence-corrected chi connectivity index (χ1v) is 3.20. The Morgan fingerprint density at radius 3 is 3.00 bits per heavy atom. The molecule has 5 heteroatoms. The van der Waals surface area contributed by atoms with Gasteiger partial charge in [-0.25, -0.2) is 9.78 Å². The summed E-state index contributed by atoms with van der Waals surface area (Å²) < 4.78 is 5.92. The van der Waals surface area contributed by atoms with Crippen molar-refractivity contribution >= 4 is 5.97 Å². The van der Waals surface area contributed by atoms with Gasteiger partial charge in [-0.2, -0.15) is 5.26 Å². The number of aromatic nitrogens is 2. The third-order valence-electron chi connectivity index (χ3n) is 1.42. The van der Waals surface area contributed by atoms with Gasteiger partial charge in [0.2, 0.25) is 0 Å².